The van der Waals surface area contributed by atoms with Crippen molar-refractivity contribution in [3.8, 4) is 11.3 Å². The van der Waals surface area contributed by atoms with Crippen LogP contribution in [0.4, 0.5) is 0 Å². The molecule has 0 bridgehead atoms. The predicted octanol–water partition coefficient (Wildman–Crippen LogP) is 4.33. The quantitative estimate of drug-likeness (QED) is 0.472. The summed E-state index contributed by atoms with van der Waals surface area (Å²) >= 11 is 11.8. The van der Waals surface area contributed by atoms with Crippen LogP contribution in [0.1, 0.15) is 22.5 Å². The second-order valence-electron chi connectivity index (χ2n) is 7.80. The minimum atomic E-state index is -3.19. The molecular weight excluding hydrogens is 499 g/mol. The molecule has 0 radical (unpaired) electrons. The van der Waals surface area contributed by atoms with Crippen LogP contribution >= 0.6 is 23.2 Å². The second kappa shape index (κ2) is 10.0. The van der Waals surface area contributed by atoms with Crippen LogP contribution in [0.2, 0.25) is 10.0 Å². The summed E-state index contributed by atoms with van der Waals surface area (Å²) < 4.78 is 29.4. The van der Waals surface area contributed by atoms with Crippen LogP contribution in [0.3, 0.4) is 0 Å². The number of nitrogens with one attached hydrogen (secondary N) is 2. The fourth-order valence-corrected chi connectivity index (χ4v) is 5.39. The first kappa shape index (κ1) is 24.1. The van der Waals surface area contributed by atoms with Crippen LogP contribution in [0.25, 0.3) is 17.4 Å². The van der Waals surface area contributed by atoms with Crippen molar-refractivity contribution in [1.82, 2.24) is 10.6 Å². The highest BCUT2D eigenvalue weighted by molar-refractivity contribution is 7.91. The molecule has 4 rings (SSSR count). The number of benzene rings is 2. The zero-order chi connectivity index (χ0) is 24.3. The zero-order valence-electron chi connectivity index (χ0n) is 17.8. The van der Waals surface area contributed by atoms with Gasteiger partial charge in [0, 0.05) is 33.3 Å². The van der Waals surface area contributed by atoms with Gasteiger partial charge in [-0.3, -0.25) is 9.59 Å². The van der Waals surface area contributed by atoms with Gasteiger partial charge in [-0.2, -0.15) is 0 Å². The average Bonchev–Trinajstić information content (AvgIpc) is 3.40. The lowest BCUT2D eigenvalue weighted by molar-refractivity contribution is -0.118. The van der Waals surface area contributed by atoms with Gasteiger partial charge in [-0.05, 0) is 67.1 Å². The molecule has 0 unspecified atom stereocenters. The van der Waals surface area contributed by atoms with Gasteiger partial charge in [-0.25, -0.2) is 8.42 Å². The van der Waals surface area contributed by atoms with Gasteiger partial charge in [-0.1, -0.05) is 23.2 Å². The molecule has 1 saturated heterocycles. The summed E-state index contributed by atoms with van der Waals surface area (Å²) in [5.74, 6) is -0.398. The Balaban J connectivity index is 1.59. The molecule has 1 atom stereocenters. The molecular formula is C24H20Cl2N2O5S. The minimum absolute atomic E-state index is 0.0107. The van der Waals surface area contributed by atoms with Crippen LogP contribution in [0.15, 0.2) is 70.8 Å². The van der Waals surface area contributed by atoms with Crippen molar-refractivity contribution in [2.45, 2.75) is 12.5 Å². The summed E-state index contributed by atoms with van der Waals surface area (Å²) in [5, 5.41) is 6.34. The number of hydrogen-bond donors (Lipinski definition) is 2. The van der Waals surface area contributed by atoms with Crippen molar-refractivity contribution in [3.05, 3.63) is 87.7 Å². The van der Waals surface area contributed by atoms with Crippen molar-refractivity contribution in [2.24, 2.45) is 0 Å². The maximum atomic E-state index is 13.0. The van der Waals surface area contributed by atoms with E-state index in [-0.39, 0.29) is 17.2 Å². The van der Waals surface area contributed by atoms with E-state index >= 15 is 0 Å². The minimum Gasteiger partial charge on any atom is -0.457 e. The third-order valence-electron chi connectivity index (χ3n) is 5.21. The van der Waals surface area contributed by atoms with Crippen molar-refractivity contribution in [1.29, 1.82) is 0 Å². The van der Waals surface area contributed by atoms with Crippen molar-refractivity contribution in [3.63, 3.8) is 0 Å². The molecule has 7 nitrogen and oxygen atoms in total. The smallest absolute Gasteiger partial charge is 0.268 e. The highest BCUT2D eigenvalue weighted by Crippen LogP contribution is 2.25. The van der Waals surface area contributed by atoms with Gasteiger partial charge in [0.1, 0.15) is 17.2 Å². The topological polar surface area (TPSA) is 105 Å². The van der Waals surface area contributed by atoms with Gasteiger partial charge in [0.25, 0.3) is 11.8 Å². The van der Waals surface area contributed by atoms with E-state index in [9.17, 15) is 18.0 Å². The number of furan rings is 1. The molecule has 3 aromatic rings. The predicted molar refractivity (Wildman–Crippen MR) is 131 cm³/mol. The summed E-state index contributed by atoms with van der Waals surface area (Å²) in [6.45, 7) is 0. The number of sulfone groups is 1. The van der Waals surface area contributed by atoms with Crippen LogP contribution in [0, 0.1) is 0 Å². The van der Waals surface area contributed by atoms with Gasteiger partial charge in [0.05, 0.1) is 11.5 Å². The third-order valence-corrected chi connectivity index (χ3v) is 7.48. The number of carbonyl (C=O) groups is 2. The van der Waals surface area contributed by atoms with Gasteiger partial charge in [0.15, 0.2) is 9.84 Å². The summed E-state index contributed by atoms with van der Waals surface area (Å²) in [7, 11) is -3.19. The standard InChI is InChI=1S/C24H20Cl2N2O5S/c25-17-5-1-15(2-6-17)22-10-9-20(33-22)13-21(24(30)27-19-11-12-34(31,32)14-19)28-23(29)16-3-7-18(26)8-4-16/h1-10,13,19H,11-12,14H2,(H,27,30)(H,28,29)/b21-13-/t19-/m0/s1. The van der Waals surface area contributed by atoms with Gasteiger partial charge in [-0.15, -0.1) is 0 Å². The number of hydrogen-bond acceptors (Lipinski definition) is 5. The number of carbonyl (C=O) groups excluding carboxylic acids is 2. The van der Waals surface area contributed by atoms with E-state index in [0.717, 1.165) is 5.56 Å². The van der Waals surface area contributed by atoms with Crippen LogP contribution < -0.4 is 10.6 Å². The Morgan fingerprint density at radius 2 is 1.59 bits per heavy atom. The molecule has 1 aliphatic heterocycles. The van der Waals surface area contributed by atoms with E-state index in [1.807, 2.05) is 0 Å². The lowest BCUT2D eigenvalue weighted by Gasteiger charge is -2.14. The zero-order valence-corrected chi connectivity index (χ0v) is 20.1. The Labute approximate surface area is 206 Å². The van der Waals surface area contributed by atoms with Crippen LogP contribution in [-0.4, -0.2) is 37.8 Å². The first-order valence-electron chi connectivity index (χ1n) is 10.3. The van der Waals surface area contributed by atoms with Gasteiger partial charge in [0.2, 0.25) is 0 Å². The third kappa shape index (κ3) is 6.08. The van der Waals surface area contributed by atoms with E-state index < -0.39 is 27.7 Å². The lowest BCUT2D eigenvalue weighted by Crippen LogP contribution is -2.41. The molecule has 2 amide bonds. The summed E-state index contributed by atoms with van der Waals surface area (Å²) in [6.07, 6.45) is 1.71. The molecule has 2 heterocycles. The van der Waals surface area contributed by atoms with E-state index in [0.29, 0.717) is 33.6 Å². The SMILES string of the molecule is O=C(N[C@H]1CCS(=O)(=O)C1)/C(=C/c1ccc(-c2ccc(Cl)cc2)o1)NC(=O)c1ccc(Cl)cc1. The fraction of sp³-hybridized carbons (Fsp3) is 0.167. The average molecular weight is 519 g/mol. The van der Waals surface area contributed by atoms with Crippen LogP contribution in [-0.2, 0) is 14.6 Å². The molecule has 2 N–H and O–H groups in total. The first-order valence-corrected chi connectivity index (χ1v) is 12.9. The Kier molecular flexibility index (Phi) is 7.11. The largest absolute Gasteiger partial charge is 0.457 e. The van der Waals surface area contributed by atoms with Crippen LogP contribution in [0.5, 0.6) is 0 Å². The molecule has 0 saturated carbocycles. The molecule has 10 heteroatoms. The Morgan fingerprint density at radius 1 is 0.941 bits per heavy atom. The molecule has 2 aromatic carbocycles. The fourth-order valence-electron chi connectivity index (χ4n) is 3.47. The summed E-state index contributed by atoms with van der Waals surface area (Å²) in [4.78, 5) is 25.7. The Hall–Kier alpha value is -3.07. The monoisotopic (exact) mass is 518 g/mol. The number of halogens is 2. The Bertz CT molecular complexity index is 1350. The summed E-state index contributed by atoms with van der Waals surface area (Å²) in [5.41, 5.74) is 1.01. The van der Waals surface area contributed by atoms with Crippen molar-refractivity contribution in [2.75, 3.05) is 11.5 Å². The maximum absolute atomic E-state index is 13.0. The molecule has 1 aliphatic rings. The van der Waals surface area contributed by atoms with Gasteiger partial charge >= 0.3 is 0 Å². The van der Waals surface area contributed by atoms with Crippen molar-refractivity contribution < 1.29 is 22.4 Å². The molecule has 1 aromatic heterocycles. The molecule has 1 fully saturated rings. The van der Waals surface area contributed by atoms with E-state index in [1.54, 1.807) is 48.5 Å². The number of rotatable bonds is 6. The molecule has 176 valence electrons. The molecule has 0 spiro atoms. The van der Waals surface area contributed by atoms with E-state index in [1.165, 1.54) is 18.2 Å². The van der Waals surface area contributed by atoms with Crippen molar-refractivity contribution >= 4 is 50.9 Å². The summed E-state index contributed by atoms with van der Waals surface area (Å²) in [6, 6.07) is 16.1. The molecule has 34 heavy (non-hydrogen) atoms. The lowest BCUT2D eigenvalue weighted by atomic mass is 10.2. The second-order valence-corrected chi connectivity index (χ2v) is 10.9. The number of amides is 2. The maximum Gasteiger partial charge on any atom is 0.268 e. The first-order chi connectivity index (χ1) is 16.2. The Morgan fingerprint density at radius 3 is 2.21 bits per heavy atom. The van der Waals surface area contributed by atoms with E-state index in [4.69, 9.17) is 27.6 Å². The van der Waals surface area contributed by atoms with E-state index in [2.05, 4.69) is 10.6 Å². The highest BCUT2D eigenvalue weighted by Gasteiger charge is 2.30. The normalized spacial score (nSPS) is 17.4. The van der Waals surface area contributed by atoms with Gasteiger partial charge < -0.3 is 15.1 Å². The highest BCUT2D eigenvalue weighted by atomic mass is 35.5. The molecule has 0 aliphatic carbocycles.